The third-order valence-electron chi connectivity index (χ3n) is 5.15. The van der Waals surface area contributed by atoms with E-state index in [0.29, 0.717) is 35.3 Å². The molecule has 1 aromatic heterocycles. The van der Waals surface area contributed by atoms with Crippen molar-refractivity contribution in [1.82, 2.24) is 4.90 Å². The van der Waals surface area contributed by atoms with Crippen LogP contribution in [0.1, 0.15) is 36.3 Å². The second-order valence-electron chi connectivity index (χ2n) is 6.73. The molecule has 0 bridgehead atoms. The Morgan fingerprint density at radius 3 is 2.37 bits per heavy atom. The Hall–Kier alpha value is -2.59. The van der Waals surface area contributed by atoms with Gasteiger partial charge in [0.25, 0.3) is 0 Å². The van der Waals surface area contributed by atoms with E-state index in [1.165, 1.54) is 0 Å². The van der Waals surface area contributed by atoms with Crippen LogP contribution in [0.15, 0.2) is 51.7 Å². The van der Waals surface area contributed by atoms with Gasteiger partial charge in [-0.3, -0.25) is 9.69 Å². The zero-order valence-electron chi connectivity index (χ0n) is 16.5. The number of nitrogens with zero attached hydrogens (tertiary/aromatic N) is 1. The molecule has 0 aliphatic carbocycles. The van der Waals surface area contributed by atoms with Gasteiger partial charge < -0.3 is 9.15 Å². The summed E-state index contributed by atoms with van der Waals surface area (Å²) >= 11 is 0. The second-order valence-corrected chi connectivity index (χ2v) is 6.73. The second kappa shape index (κ2) is 8.40. The molecule has 0 atom stereocenters. The molecule has 0 aliphatic heterocycles. The molecule has 0 aliphatic rings. The van der Waals surface area contributed by atoms with E-state index in [1.807, 2.05) is 49.4 Å². The van der Waals surface area contributed by atoms with Crippen LogP contribution in [0, 0.1) is 6.92 Å². The number of rotatable bonds is 7. The van der Waals surface area contributed by atoms with Gasteiger partial charge in [-0.15, -0.1) is 0 Å². The average Bonchev–Trinajstić information content (AvgIpc) is 2.70. The van der Waals surface area contributed by atoms with Gasteiger partial charge in [-0.05, 0) is 37.7 Å². The summed E-state index contributed by atoms with van der Waals surface area (Å²) in [4.78, 5) is 15.3. The average molecular weight is 365 g/mol. The minimum Gasteiger partial charge on any atom is -0.496 e. The number of hydrogen-bond donors (Lipinski definition) is 0. The zero-order valence-corrected chi connectivity index (χ0v) is 16.5. The lowest BCUT2D eigenvalue weighted by atomic mass is 10.0. The number of methoxy groups -OCH3 is 1. The van der Waals surface area contributed by atoms with Crippen molar-refractivity contribution in [1.29, 1.82) is 0 Å². The van der Waals surface area contributed by atoms with E-state index in [4.69, 9.17) is 9.15 Å². The Morgan fingerprint density at radius 1 is 1.04 bits per heavy atom. The highest BCUT2D eigenvalue weighted by Gasteiger charge is 2.18. The molecule has 4 nitrogen and oxygen atoms in total. The molecular formula is C23H27NO3. The maximum atomic E-state index is 13.0. The first-order chi connectivity index (χ1) is 13.1. The minimum absolute atomic E-state index is 0.0330. The highest BCUT2D eigenvalue weighted by Crippen LogP contribution is 2.30. The first-order valence-corrected chi connectivity index (χ1v) is 9.47. The quantitative estimate of drug-likeness (QED) is 0.616. The van der Waals surface area contributed by atoms with Crippen molar-refractivity contribution in [2.45, 2.75) is 33.7 Å². The topological polar surface area (TPSA) is 42.7 Å². The number of fused-ring (bicyclic) bond motifs is 1. The van der Waals surface area contributed by atoms with E-state index >= 15 is 0 Å². The van der Waals surface area contributed by atoms with Gasteiger partial charge in [0.15, 0.2) is 5.43 Å². The predicted molar refractivity (Wildman–Crippen MR) is 110 cm³/mol. The van der Waals surface area contributed by atoms with Crippen LogP contribution in [0.4, 0.5) is 0 Å². The van der Waals surface area contributed by atoms with Crippen LogP contribution in [-0.4, -0.2) is 25.1 Å². The zero-order chi connectivity index (χ0) is 19.4. The van der Waals surface area contributed by atoms with Crippen LogP contribution in [0.3, 0.4) is 0 Å². The molecule has 2 aromatic carbocycles. The van der Waals surface area contributed by atoms with Crippen molar-refractivity contribution in [2.24, 2.45) is 0 Å². The van der Waals surface area contributed by atoms with Crippen LogP contribution >= 0.6 is 0 Å². The van der Waals surface area contributed by atoms with Crippen LogP contribution in [0.25, 0.3) is 11.0 Å². The fraction of sp³-hybridized carbons (Fsp3) is 0.348. The first kappa shape index (κ1) is 19.2. The Balaban J connectivity index is 2.19. The van der Waals surface area contributed by atoms with Gasteiger partial charge in [-0.2, -0.15) is 0 Å². The van der Waals surface area contributed by atoms with E-state index < -0.39 is 0 Å². The van der Waals surface area contributed by atoms with Gasteiger partial charge in [0, 0.05) is 18.5 Å². The molecular weight excluding hydrogens is 338 g/mol. The van der Waals surface area contributed by atoms with E-state index in [-0.39, 0.29) is 5.43 Å². The molecule has 0 amide bonds. The summed E-state index contributed by atoms with van der Waals surface area (Å²) in [5.74, 6) is 1.47. The minimum atomic E-state index is 0.0330. The van der Waals surface area contributed by atoms with Gasteiger partial charge in [0.05, 0.1) is 18.1 Å². The van der Waals surface area contributed by atoms with Crippen molar-refractivity contribution in [3.05, 3.63) is 75.1 Å². The SMILES string of the molecule is CCN(CC)Cc1c(OC)ccc2c(=O)c(C)c(Cc3ccccc3)oc12. The maximum absolute atomic E-state index is 13.0. The molecule has 0 radical (unpaired) electrons. The van der Waals surface area contributed by atoms with E-state index in [1.54, 1.807) is 7.11 Å². The number of hydrogen-bond acceptors (Lipinski definition) is 4. The standard InChI is InChI=1S/C23H27NO3/c1-5-24(6-2)15-19-20(26-4)13-12-18-22(25)16(3)21(27-23(18)19)14-17-10-8-7-9-11-17/h7-13H,5-6,14-15H2,1-4H3. The summed E-state index contributed by atoms with van der Waals surface area (Å²) in [6.07, 6.45) is 0.597. The Bertz CT molecular complexity index is 972. The smallest absolute Gasteiger partial charge is 0.195 e. The summed E-state index contributed by atoms with van der Waals surface area (Å²) in [6.45, 7) is 8.62. The van der Waals surface area contributed by atoms with Crippen molar-refractivity contribution in [2.75, 3.05) is 20.2 Å². The molecule has 3 rings (SSSR count). The van der Waals surface area contributed by atoms with Crippen molar-refractivity contribution in [3.8, 4) is 5.75 Å². The fourth-order valence-corrected chi connectivity index (χ4v) is 3.40. The van der Waals surface area contributed by atoms with Gasteiger partial charge in [0.2, 0.25) is 0 Å². The predicted octanol–water partition coefficient (Wildman–Crippen LogP) is 4.54. The third kappa shape index (κ3) is 3.91. The van der Waals surface area contributed by atoms with Crippen molar-refractivity contribution in [3.63, 3.8) is 0 Å². The molecule has 0 spiro atoms. The van der Waals surface area contributed by atoms with E-state index in [2.05, 4.69) is 18.7 Å². The summed E-state index contributed by atoms with van der Waals surface area (Å²) in [5.41, 5.74) is 3.40. The maximum Gasteiger partial charge on any atom is 0.195 e. The summed E-state index contributed by atoms with van der Waals surface area (Å²) in [6, 6.07) is 13.8. The largest absolute Gasteiger partial charge is 0.496 e. The number of ether oxygens (including phenoxy) is 1. The monoisotopic (exact) mass is 365 g/mol. The van der Waals surface area contributed by atoms with Crippen LogP contribution in [-0.2, 0) is 13.0 Å². The molecule has 1 heterocycles. The Labute approximate surface area is 160 Å². The molecule has 27 heavy (non-hydrogen) atoms. The highest BCUT2D eigenvalue weighted by molar-refractivity contribution is 5.83. The molecule has 3 aromatic rings. The van der Waals surface area contributed by atoms with Crippen LogP contribution in [0.2, 0.25) is 0 Å². The Kier molecular flexibility index (Phi) is 5.97. The lowest BCUT2D eigenvalue weighted by molar-refractivity contribution is 0.288. The molecule has 0 unspecified atom stereocenters. The molecule has 0 fully saturated rings. The van der Waals surface area contributed by atoms with Crippen molar-refractivity contribution < 1.29 is 9.15 Å². The van der Waals surface area contributed by atoms with E-state index in [0.717, 1.165) is 30.0 Å². The van der Waals surface area contributed by atoms with Crippen LogP contribution in [0.5, 0.6) is 5.75 Å². The van der Waals surface area contributed by atoms with Gasteiger partial charge in [0.1, 0.15) is 17.1 Å². The molecule has 0 saturated carbocycles. The van der Waals surface area contributed by atoms with E-state index in [9.17, 15) is 4.79 Å². The van der Waals surface area contributed by atoms with Crippen molar-refractivity contribution >= 4 is 11.0 Å². The summed E-state index contributed by atoms with van der Waals surface area (Å²) < 4.78 is 11.9. The summed E-state index contributed by atoms with van der Waals surface area (Å²) in [7, 11) is 1.66. The highest BCUT2D eigenvalue weighted by atomic mass is 16.5. The Morgan fingerprint density at radius 2 is 1.74 bits per heavy atom. The van der Waals surface area contributed by atoms with Gasteiger partial charge >= 0.3 is 0 Å². The fourth-order valence-electron chi connectivity index (χ4n) is 3.40. The number of benzene rings is 2. The first-order valence-electron chi connectivity index (χ1n) is 9.47. The molecule has 4 heteroatoms. The van der Waals surface area contributed by atoms with Gasteiger partial charge in [-0.25, -0.2) is 0 Å². The molecule has 142 valence electrons. The molecule has 0 saturated heterocycles. The lowest BCUT2D eigenvalue weighted by Gasteiger charge is -2.21. The molecule has 0 N–H and O–H groups in total. The summed E-state index contributed by atoms with van der Waals surface area (Å²) in [5, 5.41) is 0.618. The third-order valence-corrected chi connectivity index (χ3v) is 5.15. The van der Waals surface area contributed by atoms with Crippen LogP contribution < -0.4 is 10.2 Å². The van der Waals surface area contributed by atoms with Gasteiger partial charge in [-0.1, -0.05) is 44.2 Å². The lowest BCUT2D eigenvalue weighted by Crippen LogP contribution is -2.23. The normalized spacial score (nSPS) is 11.3.